The van der Waals surface area contributed by atoms with Gasteiger partial charge in [0.2, 0.25) is 0 Å². The van der Waals surface area contributed by atoms with Gasteiger partial charge in [-0.3, -0.25) is 23.5 Å². The van der Waals surface area contributed by atoms with Crippen LogP contribution >= 0.6 is 0 Å². The lowest BCUT2D eigenvalue weighted by Crippen LogP contribution is -2.51. The largest absolute Gasteiger partial charge is 0.382 e. The average Bonchev–Trinajstić information content (AvgIpc) is 3.76. The predicted octanol–water partition coefficient (Wildman–Crippen LogP) is 0.281. The third-order valence-corrected chi connectivity index (χ3v) is 9.42. The maximum atomic E-state index is 13.8. The summed E-state index contributed by atoms with van der Waals surface area (Å²) in [6, 6.07) is 0. The number of Topliss-reactive ketones (excluding diaryl/α,β-unsaturated/α-hetero) is 1. The number of hydrogen-bond donors (Lipinski definition) is 3. The van der Waals surface area contributed by atoms with Gasteiger partial charge >= 0.3 is 5.69 Å². The Morgan fingerprint density at radius 2 is 1.91 bits per heavy atom. The molecule has 1 amide bonds. The molecular weight excluding hydrogens is 578 g/mol. The number of amides is 1. The summed E-state index contributed by atoms with van der Waals surface area (Å²) < 4.78 is 29.8. The van der Waals surface area contributed by atoms with E-state index in [0.717, 1.165) is 4.57 Å². The number of nitrogens with one attached hydrogen (secondary N) is 3. The second kappa shape index (κ2) is 9.69. The SMILES string of the molecule is CCC(=O)Cn1c(=O)c2c(n(C)c1=O)NCN2C1(C(=O)NC2=CNCC(c3cnc(N4CCC5(C4)CC5(F)F)cn3)=N2)CC1. The Balaban J connectivity index is 1.07. The van der Waals surface area contributed by atoms with Gasteiger partial charge < -0.3 is 25.8 Å². The molecule has 1 unspecified atom stereocenters. The number of aromatic nitrogens is 4. The van der Waals surface area contributed by atoms with Crippen LogP contribution in [0.4, 0.5) is 26.1 Å². The lowest BCUT2D eigenvalue weighted by atomic mass is 10.1. The number of carbonyl (C=O) groups is 2. The molecule has 2 aromatic rings. The number of fused-ring (bicyclic) bond motifs is 1. The summed E-state index contributed by atoms with van der Waals surface area (Å²) in [4.78, 5) is 69.0. The number of halogens is 2. The number of anilines is 3. The molecule has 5 aliphatic rings. The Morgan fingerprint density at radius 3 is 2.55 bits per heavy atom. The second-order valence-corrected chi connectivity index (χ2v) is 12.1. The van der Waals surface area contributed by atoms with Gasteiger partial charge in [-0.05, 0) is 19.3 Å². The van der Waals surface area contributed by atoms with Crippen LogP contribution in [0.25, 0.3) is 0 Å². The summed E-state index contributed by atoms with van der Waals surface area (Å²) in [6.45, 7) is 2.57. The zero-order chi connectivity index (χ0) is 31.0. The van der Waals surface area contributed by atoms with Crippen LogP contribution in [0, 0.1) is 5.41 Å². The van der Waals surface area contributed by atoms with E-state index in [1.54, 1.807) is 30.4 Å². The van der Waals surface area contributed by atoms with Gasteiger partial charge in [0, 0.05) is 39.2 Å². The molecule has 3 fully saturated rings. The van der Waals surface area contributed by atoms with Crippen molar-refractivity contribution in [2.24, 2.45) is 17.5 Å². The van der Waals surface area contributed by atoms with Crippen molar-refractivity contribution < 1.29 is 18.4 Å². The monoisotopic (exact) mass is 610 g/mol. The number of hydrogen-bond acceptors (Lipinski definition) is 11. The highest BCUT2D eigenvalue weighted by atomic mass is 19.3. The molecule has 1 saturated heterocycles. The van der Waals surface area contributed by atoms with Crippen LogP contribution in [-0.2, 0) is 23.2 Å². The molecule has 232 valence electrons. The molecule has 2 saturated carbocycles. The highest BCUT2D eigenvalue weighted by Crippen LogP contribution is 2.65. The highest BCUT2D eigenvalue weighted by Gasteiger charge is 2.72. The molecule has 44 heavy (non-hydrogen) atoms. The molecule has 1 atom stereocenters. The van der Waals surface area contributed by atoms with Gasteiger partial charge in [0.15, 0.2) is 5.78 Å². The molecule has 1 spiro atoms. The predicted molar refractivity (Wildman–Crippen MR) is 156 cm³/mol. The summed E-state index contributed by atoms with van der Waals surface area (Å²) in [5, 5.41) is 9.00. The zero-order valence-electron chi connectivity index (χ0n) is 24.3. The molecule has 0 aromatic carbocycles. The molecule has 2 aromatic heterocycles. The van der Waals surface area contributed by atoms with E-state index in [9.17, 15) is 28.0 Å². The third-order valence-electron chi connectivity index (χ3n) is 9.42. The van der Waals surface area contributed by atoms with Crippen LogP contribution in [-0.4, -0.2) is 74.3 Å². The number of rotatable bonds is 8. The average molecular weight is 611 g/mol. The lowest BCUT2D eigenvalue weighted by molar-refractivity contribution is -0.122. The Bertz CT molecular complexity index is 1760. The molecule has 14 nitrogen and oxygen atoms in total. The van der Waals surface area contributed by atoms with Gasteiger partial charge in [-0.15, -0.1) is 0 Å². The summed E-state index contributed by atoms with van der Waals surface area (Å²) in [6.07, 6.45) is 6.16. The van der Waals surface area contributed by atoms with Crippen LogP contribution in [0.2, 0.25) is 0 Å². The van der Waals surface area contributed by atoms with Gasteiger partial charge in [0.05, 0.1) is 43.3 Å². The minimum absolute atomic E-state index is 0.0783. The number of aliphatic imine (C=N–C) groups is 1. The van der Waals surface area contributed by atoms with Crippen molar-refractivity contribution >= 4 is 34.7 Å². The first kappa shape index (κ1) is 28.2. The van der Waals surface area contributed by atoms with E-state index in [2.05, 4.69) is 30.9 Å². The summed E-state index contributed by atoms with van der Waals surface area (Å²) >= 11 is 0. The molecule has 0 bridgehead atoms. The molecule has 16 heteroatoms. The van der Waals surface area contributed by atoms with Gasteiger partial charge in [0.1, 0.15) is 34.4 Å². The summed E-state index contributed by atoms with van der Waals surface area (Å²) in [5.41, 5.74) is -2.01. The molecule has 7 rings (SSSR count). The van der Waals surface area contributed by atoms with Crippen molar-refractivity contribution in [3.05, 3.63) is 50.9 Å². The minimum atomic E-state index is -2.61. The molecule has 2 aliphatic carbocycles. The first-order valence-electron chi connectivity index (χ1n) is 14.6. The van der Waals surface area contributed by atoms with Crippen molar-refractivity contribution in [1.82, 2.24) is 29.7 Å². The topological polar surface area (TPSA) is 159 Å². The summed E-state index contributed by atoms with van der Waals surface area (Å²) in [5.74, 6) is -2.13. The van der Waals surface area contributed by atoms with Crippen molar-refractivity contribution in [3.8, 4) is 0 Å². The smallest absolute Gasteiger partial charge is 0.332 e. The van der Waals surface area contributed by atoms with Crippen molar-refractivity contribution in [3.63, 3.8) is 0 Å². The van der Waals surface area contributed by atoms with Crippen molar-refractivity contribution in [1.29, 1.82) is 0 Å². The number of carbonyl (C=O) groups excluding carboxylic acids is 2. The molecule has 0 radical (unpaired) electrons. The van der Waals surface area contributed by atoms with E-state index in [-0.39, 0.29) is 55.8 Å². The van der Waals surface area contributed by atoms with Crippen LogP contribution in [0.1, 0.15) is 44.7 Å². The number of nitrogens with zero attached hydrogens (tertiary/aromatic N) is 7. The third kappa shape index (κ3) is 4.29. The fourth-order valence-electron chi connectivity index (χ4n) is 6.39. The van der Waals surface area contributed by atoms with Gasteiger partial charge in [0.25, 0.3) is 17.4 Å². The Hall–Kier alpha value is -4.63. The second-order valence-electron chi connectivity index (χ2n) is 12.1. The lowest BCUT2D eigenvalue weighted by Gasteiger charge is -2.28. The standard InChI is InChI=1S/C28H32F2N10O4/c1-3-16(41)12-39-23(42)21-22(37(2)25(39)44)34-15-40(21)27(4-5-27)24(43)36-19-10-31-8-18(35-19)17-9-33-20(11-32-17)38-7-6-26(14-38)13-28(26,29)30/h9-11,31,34H,3-8,12-15H2,1-2H3,(H,36,43). The fourth-order valence-corrected chi connectivity index (χ4v) is 6.39. The molecular formula is C28H32F2N10O4. The van der Waals surface area contributed by atoms with Crippen LogP contribution < -0.4 is 37.0 Å². The minimum Gasteiger partial charge on any atom is -0.382 e. The van der Waals surface area contributed by atoms with Crippen LogP contribution in [0.3, 0.4) is 0 Å². The first-order chi connectivity index (χ1) is 21.0. The number of alkyl halides is 2. The van der Waals surface area contributed by atoms with E-state index in [1.165, 1.54) is 11.6 Å². The Morgan fingerprint density at radius 1 is 1.14 bits per heavy atom. The zero-order valence-corrected chi connectivity index (χ0v) is 24.3. The van der Waals surface area contributed by atoms with E-state index in [4.69, 9.17) is 0 Å². The molecule has 3 N–H and O–H groups in total. The quantitative estimate of drug-likeness (QED) is 0.379. The summed E-state index contributed by atoms with van der Waals surface area (Å²) in [7, 11) is 1.51. The maximum absolute atomic E-state index is 13.8. The Kier molecular flexibility index (Phi) is 6.20. The van der Waals surface area contributed by atoms with Crippen molar-refractivity contribution in [2.75, 3.05) is 41.4 Å². The van der Waals surface area contributed by atoms with Crippen molar-refractivity contribution in [2.45, 2.75) is 57.0 Å². The van der Waals surface area contributed by atoms with E-state index in [1.807, 2.05) is 4.90 Å². The number of ketones is 1. The van der Waals surface area contributed by atoms with Crippen LogP contribution in [0.15, 0.2) is 39.0 Å². The molecule has 3 aliphatic heterocycles. The van der Waals surface area contributed by atoms with E-state index >= 15 is 0 Å². The van der Waals surface area contributed by atoms with Crippen LogP contribution in [0.5, 0.6) is 0 Å². The highest BCUT2D eigenvalue weighted by molar-refractivity contribution is 6.02. The Labute approximate surface area is 249 Å². The van der Waals surface area contributed by atoms with E-state index in [0.29, 0.717) is 55.4 Å². The molecule has 5 heterocycles. The van der Waals surface area contributed by atoms with Gasteiger partial charge in [-0.1, -0.05) is 6.92 Å². The van der Waals surface area contributed by atoms with E-state index < -0.39 is 28.1 Å². The van der Waals surface area contributed by atoms with Gasteiger partial charge in [-0.2, -0.15) is 0 Å². The fraction of sp³-hybridized carbons (Fsp3) is 0.536. The first-order valence-corrected chi connectivity index (χ1v) is 14.6. The maximum Gasteiger partial charge on any atom is 0.332 e. The normalized spacial score (nSPS) is 23.8. The van der Waals surface area contributed by atoms with Gasteiger partial charge in [-0.25, -0.2) is 28.5 Å².